The van der Waals surface area contributed by atoms with Gasteiger partial charge >= 0.3 is 0 Å². The molecule has 1 atom stereocenters. The number of ether oxygens (including phenoxy) is 1. The van der Waals surface area contributed by atoms with Crippen LogP contribution in [-0.2, 0) is 16.1 Å². The lowest BCUT2D eigenvalue weighted by Crippen LogP contribution is -2.50. The van der Waals surface area contributed by atoms with Crippen molar-refractivity contribution in [3.05, 3.63) is 63.6 Å². The van der Waals surface area contributed by atoms with Crippen LogP contribution in [0.5, 0.6) is 5.75 Å². The van der Waals surface area contributed by atoms with Crippen molar-refractivity contribution in [1.29, 1.82) is 0 Å². The van der Waals surface area contributed by atoms with Crippen LogP contribution in [0.2, 0.25) is 5.02 Å². The van der Waals surface area contributed by atoms with Crippen molar-refractivity contribution in [2.45, 2.75) is 39.4 Å². The summed E-state index contributed by atoms with van der Waals surface area (Å²) in [6.07, 6.45) is 0. The second-order valence-electron chi connectivity index (χ2n) is 6.73. The lowest BCUT2D eigenvalue weighted by molar-refractivity contribution is -0.142. The summed E-state index contributed by atoms with van der Waals surface area (Å²) in [4.78, 5) is 26.9. The van der Waals surface area contributed by atoms with Gasteiger partial charge in [-0.25, -0.2) is 0 Å². The molecular weight excluding hydrogens is 444 g/mol. The number of carbonyl (C=O) groups is 2. The van der Waals surface area contributed by atoms with E-state index in [1.807, 2.05) is 38.1 Å². The second kappa shape index (κ2) is 10.5. The Kier molecular flexibility index (Phi) is 8.33. The quantitative estimate of drug-likeness (QED) is 0.625. The topological polar surface area (TPSA) is 58.6 Å². The van der Waals surface area contributed by atoms with Crippen LogP contribution in [0.3, 0.4) is 0 Å². The minimum absolute atomic E-state index is 0.00935. The van der Waals surface area contributed by atoms with Crippen molar-refractivity contribution in [2.24, 2.45) is 0 Å². The van der Waals surface area contributed by atoms with Gasteiger partial charge in [-0.15, -0.1) is 0 Å². The summed E-state index contributed by atoms with van der Waals surface area (Å²) >= 11 is 9.27. The lowest BCUT2D eigenvalue weighted by atomic mass is 10.1. The zero-order chi connectivity index (χ0) is 20.7. The fourth-order valence-corrected chi connectivity index (χ4v) is 2.92. The van der Waals surface area contributed by atoms with E-state index in [4.69, 9.17) is 16.3 Å². The van der Waals surface area contributed by atoms with Crippen LogP contribution < -0.4 is 10.1 Å². The monoisotopic (exact) mass is 466 g/mol. The normalized spacial score (nSPS) is 11.8. The number of halogens is 2. The molecule has 2 amide bonds. The molecule has 1 N–H and O–H groups in total. The van der Waals surface area contributed by atoms with E-state index in [1.165, 1.54) is 4.90 Å². The predicted molar refractivity (Wildman–Crippen MR) is 114 cm³/mol. The molecule has 0 spiro atoms. The Morgan fingerprint density at radius 2 is 1.68 bits per heavy atom. The standard InChI is InChI=1S/C21H24BrClN2O3/c1-14(2)24-21(27)15(3)25(12-16-4-6-17(22)7-5-16)20(26)13-28-19-10-8-18(23)9-11-19/h4-11,14-15H,12-13H2,1-3H3,(H,24,27)/t15-/m0/s1. The maximum absolute atomic E-state index is 12.9. The van der Waals surface area contributed by atoms with Gasteiger partial charge in [0.15, 0.2) is 6.61 Å². The Morgan fingerprint density at radius 3 is 2.25 bits per heavy atom. The van der Waals surface area contributed by atoms with Crippen LogP contribution >= 0.6 is 27.5 Å². The van der Waals surface area contributed by atoms with Crippen LogP contribution in [0.25, 0.3) is 0 Å². The first-order valence-corrected chi connectivity index (χ1v) is 10.2. The molecule has 0 heterocycles. The van der Waals surface area contributed by atoms with Gasteiger partial charge in [0.25, 0.3) is 5.91 Å². The maximum atomic E-state index is 12.9. The molecule has 2 rings (SSSR count). The van der Waals surface area contributed by atoms with E-state index in [2.05, 4.69) is 21.2 Å². The fourth-order valence-electron chi connectivity index (χ4n) is 2.53. The van der Waals surface area contributed by atoms with Crippen LogP contribution in [-0.4, -0.2) is 35.4 Å². The number of amides is 2. The van der Waals surface area contributed by atoms with Gasteiger partial charge in [-0.2, -0.15) is 0 Å². The number of carbonyl (C=O) groups excluding carboxylic acids is 2. The van der Waals surface area contributed by atoms with Crippen LogP contribution in [0.4, 0.5) is 0 Å². The zero-order valence-electron chi connectivity index (χ0n) is 16.1. The summed E-state index contributed by atoms with van der Waals surface area (Å²) in [5, 5.41) is 3.45. The number of hydrogen-bond donors (Lipinski definition) is 1. The minimum atomic E-state index is -0.632. The van der Waals surface area contributed by atoms with Crippen molar-refractivity contribution in [3.63, 3.8) is 0 Å². The van der Waals surface area contributed by atoms with Crippen molar-refractivity contribution in [2.75, 3.05) is 6.61 Å². The summed E-state index contributed by atoms with van der Waals surface area (Å²) in [6.45, 7) is 5.63. The van der Waals surface area contributed by atoms with Crippen LogP contribution in [0.15, 0.2) is 53.0 Å². The van der Waals surface area contributed by atoms with E-state index in [-0.39, 0.29) is 24.5 Å². The van der Waals surface area contributed by atoms with Crippen LogP contribution in [0.1, 0.15) is 26.3 Å². The first-order valence-electron chi connectivity index (χ1n) is 8.99. The molecule has 5 nitrogen and oxygen atoms in total. The molecule has 0 aliphatic carbocycles. The summed E-state index contributed by atoms with van der Waals surface area (Å²) in [5.41, 5.74) is 0.923. The molecule has 0 fully saturated rings. The second-order valence-corrected chi connectivity index (χ2v) is 8.08. The van der Waals surface area contributed by atoms with E-state index in [0.29, 0.717) is 17.3 Å². The third-order valence-electron chi connectivity index (χ3n) is 4.04. The van der Waals surface area contributed by atoms with Gasteiger partial charge in [-0.1, -0.05) is 39.7 Å². The molecule has 0 saturated carbocycles. The van der Waals surface area contributed by atoms with Crippen molar-refractivity contribution < 1.29 is 14.3 Å². The van der Waals surface area contributed by atoms with Crippen molar-refractivity contribution in [3.8, 4) is 5.75 Å². The van der Waals surface area contributed by atoms with E-state index in [9.17, 15) is 9.59 Å². The molecule has 2 aromatic rings. The molecule has 2 aromatic carbocycles. The molecule has 0 aromatic heterocycles. The summed E-state index contributed by atoms with van der Waals surface area (Å²) < 4.78 is 6.53. The molecule has 0 radical (unpaired) electrons. The van der Waals surface area contributed by atoms with Gasteiger partial charge in [-0.05, 0) is 62.7 Å². The molecular formula is C21H24BrClN2O3. The van der Waals surface area contributed by atoms with E-state index in [0.717, 1.165) is 10.0 Å². The largest absolute Gasteiger partial charge is 0.484 e. The SMILES string of the molecule is CC(C)NC(=O)[C@H](C)N(Cc1ccc(Br)cc1)C(=O)COc1ccc(Cl)cc1. The molecule has 7 heteroatoms. The Hall–Kier alpha value is -2.05. The Balaban J connectivity index is 2.12. The summed E-state index contributed by atoms with van der Waals surface area (Å²) in [7, 11) is 0. The number of nitrogens with one attached hydrogen (secondary N) is 1. The fraction of sp³-hybridized carbons (Fsp3) is 0.333. The highest BCUT2D eigenvalue weighted by Crippen LogP contribution is 2.17. The minimum Gasteiger partial charge on any atom is -0.484 e. The molecule has 0 aliphatic heterocycles. The first-order chi connectivity index (χ1) is 13.3. The van der Waals surface area contributed by atoms with Gasteiger partial charge in [-0.3, -0.25) is 9.59 Å². The average molecular weight is 468 g/mol. The Bertz CT molecular complexity index is 794. The molecule has 28 heavy (non-hydrogen) atoms. The van der Waals surface area contributed by atoms with E-state index >= 15 is 0 Å². The van der Waals surface area contributed by atoms with Crippen LogP contribution in [0, 0.1) is 0 Å². The molecule has 0 saturated heterocycles. The van der Waals surface area contributed by atoms with Gasteiger partial charge in [0.2, 0.25) is 5.91 Å². The van der Waals surface area contributed by atoms with E-state index in [1.54, 1.807) is 31.2 Å². The third kappa shape index (κ3) is 6.84. The number of benzene rings is 2. The summed E-state index contributed by atoms with van der Waals surface area (Å²) in [5.74, 6) is 0.0665. The van der Waals surface area contributed by atoms with Gasteiger partial charge in [0.1, 0.15) is 11.8 Å². The highest BCUT2D eigenvalue weighted by molar-refractivity contribution is 9.10. The number of nitrogens with zero attached hydrogens (tertiary/aromatic N) is 1. The molecule has 150 valence electrons. The van der Waals surface area contributed by atoms with Crippen molar-refractivity contribution >= 4 is 39.3 Å². The predicted octanol–water partition coefficient (Wildman–Crippen LogP) is 4.42. The highest BCUT2D eigenvalue weighted by atomic mass is 79.9. The Morgan fingerprint density at radius 1 is 1.07 bits per heavy atom. The molecule has 0 bridgehead atoms. The average Bonchev–Trinajstić information content (AvgIpc) is 2.65. The lowest BCUT2D eigenvalue weighted by Gasteiger charge is -2.29. The molecule has 0 aliphatic rings. The van der Waals surface area contributed by atoms with Gasteiger partial charge in [0, 0.05) is 22.1 Å². The number of hydrogen-bond acceptors (Lipinski definition) is 3. The Labute approximate surface area is 179 Å². The number of rotatable bonds is 8. The van der Waals surface area contributed by atoms with Crippen molar-refractivity contribution in [1.82, 2.24) is 10.2 Å². The smallest absolute Gasteiger partial charge is 0.261 e. The van der Waals surface area contributed by atoms with E-state index < -0.39 is 6.04 Å². The van der Waals surface area contributed by atoms with Gasteiger partial charge in [0.05, 0.1) is 0 Å². The molecule has 0 unspecified atom stereocenters. The van der Waals surface area contributed by atoms with Gasteiger partial charge < -0.3 is 15.0 Å². The third-order valence-corrected chi connectivity index (χ3v) is 4.82. The zero-order valence-corrected chi connectivity index (χ0v) is 18.5. The maximum Gasteiger partial charge on any atom is 0.261 e. The highest BCUT2D eigenvalue weighted by Gasteiger charge is 2.26. The first kappa shape index (κ1) is 22.2. The summed E-state index contributed by atoms with van der Waals surface area (Å²) in [6, 6.07) is 13.8.